The number of hydrogen-bond donors (Lipinski definition) is 2. The summed E-state index contributed by atoms with van der Waals surface area (Å²) in [5.74, 6) is 0.840. The number of benzene rings is 1. The first-order valence-electron chi connectivity index (χ1n) is 9.81. The van der Waals surface area contributed by atoms with Crippen molar-refractivity contribution in [3.8, 4) is 0 Å². The predicted molar refractivity (Wildman–Crippen MR) is 130 cm³/mol. The molecular weight excluding hydrogens is 461 g/mol. The Labute approximate surface area is 187 Å². The molecular formula is C22H36IN5. The van der Waals surface area contributed by atoms with E-state index in [9.17, 15) is 0 Å². The Morgan fingerprint density at radius 1 is 1.14 bits per heavy atom. The molecule has 1 aromatic carbocycles. The maximum atomic E-state index is 4.49. The van der Waals surface area contributed by atoms with Crippen molar-refractivity contribution in [2.75, 3.05) is 20.1 Å². The van der Waals surface area contributed by atoms with Crippen molar-refractivity contribution in [1.29, 1.82) is 0 Å². The minimum absolute atomic E-state index is 0. The maximum Gasteiger partial charge on any atom is 0.191 e. The molecule has 0 aliphatic heterocycles. The van der Waals surface area contributed by atoms with Gasteiger partial charge in [0.1, 0.15) is 0 Å². The maximum absolute atomic E-state index is 4.49. The van der Waals surface area contributed by atoms with Gasteiger partial charge in [0.2, 0.25) is 0 Å². The van der Waals surface area contributed by atoms with Crippen LogP contribution in [-0.2, 0) is 25.3 Å². The van der Waals surface area contributed by atoms with Gasteiger partial charge in [0.25, 0.3) is 0 Å². The molecule has 0 saturated carbocycles. The molecule has 0 amide bonds. The quantitative estimate of drug-likeness (QED) is 0.347. The lowest BCUT2D eigenvalue weighted by Crippen LogP contribution is -2.44. The van der Waals surface area contributed by atoms with Crippen LogP contribution in [0.1, 0.15) is 48.8 Å². The molecule has 0 radical (unpaired) electrons. The molecule has 0 unspecified atom stereocenters. The van der Waals surface area contributed by atoms with Gasteiger partial charge in [-0.25, -0.2) is 0 Å². The smallest absolute Gasteiger partial charge is 0.191 e. The van der Waals surface area contributed by atoms with E-state index in [-0.39, 0.29) is 29.4 Å². The van der Waals surface area contributed by atoms with E-state index >= 15 is 0 Å². The number of guanidine groups is 1. The van der Waals surface area contributed by atoms with Gasteiger partial charge in [0.05, 0.1) is 5.69 Å². The van der Waals surface area contributed by atoms with E-state index in [2.05, 4.69) is 79.6 Å². The number of nitrogens with one attached hydrogen (secondary N) is 2. The average molecular weight is 497 g/mol. The van der Waals surface area contributed by atoms with Crippen LogP contribution in [0.3, 0.4) is 0 Å². The molecule has 0 bridgehead atoms. The summed E-state index contributed by atoms with van der Waals surface area (Å²) in [6.07, 6.45) is 2.01. The zero-order chi connectivity index (χ0) is 20.0. The standard InChI is InChI=1S/C22H35N5.HI/c1-8-18-9-11-19(12-10-18)22(4,5)15-25-21(23-6)24-14-13-20-16(2)26-27(7)17(20)3;/h9-12H,8,13-15H2,1-7H3,(H2,23,24,25);1H. The summed E-state index contributed by atoms with van der Waals surface area (Å²) >= 11 is 0. The molecule has 2 aromatic rings. The number of aliphatic imine (C=N–C) groups is 1. The van der Waals surface area contributed by atoms with Gasteiger partial charge in [0, 0.05) is 38.3 Å². The Bertz CT molecular complexity index is 775. The predicted octanol–water partition coefficient (Wildman–Crippen LogP) is 3.90. The topological polar surface area (TPSA) is 54.2 Å². The Hall–Kier alpha value is -1.57. The molecule has 0 atom stereocenters. The fourth-order valence-corrected chi connectivity index (χ4v) is 3.30. The molecule has 2 N–H and O–H groups in total. The third kappa shape index (κ3) is 6.22. The van der Waals surface area contributed by atoms with Crippen LogP contribution in [-0.4, -0.2) is 35.9 Å². The number of nitrogens with zero attached hydrogens (tertiary/aromatic N) is 3. The van der Waals surface area contributed by atoms with Gasteiger partial charge in [0.15, 0.2) is 5.96 Å². The lowest BCUT2D eigenvalue weighted by Gasteiger charge is -2.27. The first-order chi connectivity index (χ1) is 12.8. The van der Waals surface area contributed by atoms with Crippen LogP contribution in [0.2, 0.25) is 0 Å². The summed E-state index contributed by atoms with van der Waals surface area (Å²) in [4.78, 5) is 4.37. The molecule has 0 aliphatic rings. The van der Waals surface area contributed by atoms with Crippen LogP contribution in [0.4, 0.5) is 0 Å². The summed E-state index contributed by atoms with van der Waals surface area (Å²) in [7, 11) is 3.81. The minimum Gasteiger partial charge on any atom is -0.356 e. The van der Waals surface area contributed by atoms with Crippen molar-refractivity contribution in [2.24, 2.45) is 12.0 Å². The van der Waals surface area contributed by atoms with Crippen LogP contribution in [0, 0.1) is 13.8 Å². The van der Waals surface area contributed by atoms with E-state index < -0.39 is 0 Å². The second-order valence-electron chi connectivity index (χ2n) is 7.81. The molecule has 0 aliphatic carbocycles. The fraction of sp³-hybridized carbons (Fsp3) is 0.545. The average Bonchev–Trinajstić information content (AvgIpc) is 2.90. The highest BCUT2D eigenvalue weighted by Gasteiger charge is 2.21. The van der Waals surface area contributed by atoms with Crippen LogP contribution in [0.5, 0.6) is 0 Å². The van der Waals surface area contributed by atoms with Crippen molar-refractivity contribution in [1.82, 2.24) is 20.4 Å². The second-order valence-corrected chi connectivity index (χ2v) is 7.81. The van der Waals surface area contributed by atoms with E-state index in [1.54, 1.807) is 0 Å². The summed E-state index contributed by atoms with van der Waals surface area (Å²) in [6.45, 7) is 12.6. The third-order valence-corrected chi connectivity index (χ3v) is 5.39. The molecule has 28 heavy (non-hydrogen) atoms. The monoisotopic (exact) mass is 497 g/mol. The van der Waals surface area contributed by atoms with Gasteiger partial charge >= 0.3 is 0 Å². The summed E-state index contributed by atoms with van der Waals surface area (Å²) in [6, 6.07) is 8.93. The highest BCUT2D eigenvalue weighted by atomic mass is 127. The van der Waals surface area contributed by atoms with Crippen molar-refractivity contribution in [3.63, 3.8) is 0 Å². The summed E-state index contributed by atoms with van der Waals surface area (Å²) < 4.78 is 1.95. The summed E-state index contributed by atoms with van der Waals surface area (Å²) in [5.41, 5.74) is 6.40. The molecule has 0 saturated heterocycles. The number of aromatic nitrogens is 2. The van der Waals surface area contributed by atoms with Gasteiger partial charge in [-0.15, -0.1) is 24.0 Å². The first-order valence-corrected chi connectivity index (χ1v) is 9.81. The molecule has 1 heterocycles. The highest BCUT2D eigenvalue weighted by Crippen LogP contribution is 2.22. The van der Waals surface area contributed by atoms with E-state index in [4.69, 9.17) is 0 Å². The van der Waals surface area contributed by atoms with Crippen LogP contribution >= 0.6 is 24.0 Å². The molecule has 0 fully saturated rings. The molecule has 1 aromatic heterocycles. The van der Waals surface area contributed by atoms with Gasteiger partial charge in [-0.2, -0.15) is 5.10 Å². The van der Waals surface area contributed by atoms with Gasteiger partial charge in [-0.1, -0.05) is 45.0 Å². The number of rotatable bonds is 7. The minimum atomic E-state index is 0. The van der Waals surface area contributed by atoms with Gasteiger partial charge in [-0.05, 0) is 43.4 Å². The fourth-order valence-electron chi connectivity index (χ4n) is 3.30. The van der Waals surface area contributed by atoms with Crippen molar-refractivity contribution < 1.29 is 0 Å². The Morgan fingerprint density at radius 2 is 1.79 bits per heavy atom. The molecule has 2 rings (SSSR count). The van der Waals surface area contributed by atoms with Crippen molar-refractivity contribution in [3.05, 3.63) is 52.3 Å². The first kappa shape index (κ1) is 24.5. The van der Waals surface area contributed by atoms with Crippen LogP contribution < -0.4 is 10.6 Å². The Morgan fingerprint density at radius 3 is 2.29 bits per heavy atom. The number of hydrogen-bond acceptors (Lipinski definition) is 2. The zero-order valence-electron chi connectivity index (χ0n) is 18.4. The molecule has 0 spiro atoms. The van der Waals surface area contributed by atoms with Gasteiger partial charge in [-0.3, -0.25) is 9.67 Å². The molecule has 156 valence electrons. The molecule has 5 nitrogen and oxygen atoms in total. The Kier molecular flexibility index (Phi) is 9.47. The largest absolute Gasteiger partial charge is 0.356 e. The molecule has 6 heteroatoms. The van der Waals surface area contributed by atoms with E-state index in [1.807, 2.05) is 18.8 Å². The van der Waals surface area contributed by atoms with Gasteiger partial charge < -0.3 is 10.6 Å². The SMILES string of the molecule is CCc1ccc(C(C)(C)CNC(=NC)NCCc2c(C)nn(C)c2C)cc1.I. The number of halogens is 1. The third-order valence-electron chi connectivity index (χ3n) is 5.39. The highest BCUT2D eigenvalue weighted by molar-refractivity contribution is 14.0. The lowest BCUT2D eigenvalue weighted by atomic mass is 9.84. The second kappa shape index (κ2) is 10.8. The Balaban J connectivity index is 0.00000392. The van der Waals surface area contributed by atoms with Crippen LogP contribution in [0.15, 0.2) is 29.3 Å². The van der Waals surface area contributed by atoms with Crippen LogP contribution in [0.25, 0.3) is 0 Å². The lowest BCUT2D eigenvalue weighted by molar-refractivity contribution is 0.508. The summed E-state index contributed by atoms with van der Waals surface area (Å²) in [5, 5.41) is 11.4. The van der Waals surface area contributed by atoms with E-state index in [0.29, 0.717) is 0 Å². The number of aryl methyl sites for hydroxylation is 3. The normalized spacial score (nSPS) is 11.9. The zero-order valence-corrected chi connectivity index (χ0v) is 20.7. The van der Waals surface area contributed by atoms with E-state index in [1.165, 1.54) is 22.4 Å². The van der Waals surface area contributed by atoms with Crippen molar-refractivity contribution in [2.45, 2.75) is 52.9 Å². The van der Waals surface area contributed by atoms with Crippen molar-refractivity contribution >= 4 is 29.9 Å². The van der Waals surface area contributed by atoms with E-state index in [0.717, 1.165) is 37.6 Å².